The summed E-state index contributed by atoms with van der Waals surface area (Å²) in [6, 6.07) is 18.2. The maximum absolute atomic E-state index is 12.7. The number of carbonyl (C=O) groups excluding carboxylic acids is 2. The Morgan fingerprint density at radius 1 is 1.14 bits per heavy atom. The fourth-order valence-electron chi connectivity index (χ4n) is 2.72. The Kier molecular flexibility index (Phi) is 6.72. The molecule has 0 aliphatic heterocycles. The summed E-state index contributed by atoms with van der Waals surface area (Å²) in [7, 11) is 1.66. The van der Waals surface area contributed by atoms with E-state index in [9.17, 15) is 9.59 Å². The molecule has 0 aliphatic carbocycles. The van der Waals surface area contributed by atoms with Gasteiger partial charge in [0.2, 0.25) is 0 Å². The third kappa shape index (κ3) is 5.26. The lowest BCUT2D eigenvalue weighted by molar-refractivity contribution is -0.126. The Labute approximate surface area is 173 Å². The van der Waals surface area contributed by atoms with Crippen LogP contribution < -0.4 is 4.90 Å². The largest absolute Gasteiger partial charge is 0.449 e. The Hall–Kier alpha value is -3.06. The van der Waals surface area contributed by atoms with Crippen molar-refractivity contribution < 1.29 is 18.8 Å². The third-order valence-electron chi connectivity index (χ3n) is 4.26. The van der Waals surface area contributed by atoms with Gasteiger partial charge in [-0.25, -0.2) is 4.79 Å². The van der Waals surface area contributed by atoms with Crippen molar-refractivity contribution in [3.05, 3.63) is 77.7 Å². The molecule has 150 valence electrons. The Bertz CT molecular complexity index is 987. The Morgan fingerprint density at radius 3 is 2.52 bits per heavy atom. The van der Waals surface area contributed by atoms with Crippen LogP contribution in [0.1, 0.15) is 28.7 Å². The molecular weight excluding hydrogens is 388 g/mol. The lowest BCUT2D eigenvalue weighted by atomic mass is 10.2. The number of likely N-dealkylation sites (N-methyl/N-ethyl adjacent to an activating group) is 1. The molecule has 0 bridgehead atoms. The maximum atomic E-state index is 12.7. The van der Waals surface area contributed by atoms with Gasteiger partial charge in [-0.05, 0) is 38.1 Å². The van der Waals surface area contributed by atoms with E-state index in [1.54, 1.807) is 26.1 Å². The second-order valence-corrected chi connectivity index (χ2v) is 7.52. The fraction of sp³-hybridized carbons (Fsp3) is 0.227. The van der Waals surface area contributed by atoms with E-state index in [1.807, 2.05) is 55.5 Å². The number of ether oxygens (including phenoxy) is 1. The summed E-state index contributed by atoms with van der Waals surface area (Å²) < 4.78 is 10.7. The van der Waals surface area contributed by atoms with Crippen LogP contribution in [0.3, 0.4) is 0 Å². The van der Waals surface area contributed by atoms with Crippen molar-refractivity contribution in [1.82, 2.24) is 5.16 Å². The van der Waals surface area contributed by atoms with Crippen molar-refractivity contribution in [2.45, 2.75) is 30.6 Å². The number of aryl methyl sites for hydroxylation is 1. The molecule has 0 saturated heterocycles. The van der Waals surface area contributed by atoms with Crippen molar-refractivity contribution in [1.29, 1.82) is 0 Å². The molecule has 7 heteroatoms. The molecule has 1 amide bonds. The van der Waals surface area contributed by atoms with Gasteiger partial charge >= 0.3 is 5.97 Å². The molecule has 1 aromatic heterocycles. The lowest BCUT2D eigenvalue weighted by Crippen LogP contribution is -2.37. The van der Waals surface area contributed by atoms with Crippen LogP contribution in [0.15, 0.2) is 70.1 Å². The molecule has 0 fully saturated rings. The Morgan fingerprint density at radius 2 is 1.83 bits per heavy atom. The zero-order chi connectivity index (χ0) is 20.8. The van der Waals surface area contributed by atoms with Crippen LogP contribution in [0.4, 0.5) is 5.69 Å². The van der Waals surface area contributed by atoms with Crippen LogP contribution in [-0.4, -0.2) is 30.2 Å². The molecule has 3 rings (SSSR count). The summed E-state index contributed by atoms with van der Waals surface area (Å²) in [5, 5.41) is 3.86. The van der Waals surface area contributed by atoms with Crippen molar-refractivity contribution in [3.63, 3.8) is 0 Å². The average molecular weight is 410 g/mol. The standard InChI is InChI=1S/C22H22N2O4S/c1-15-13-18(28-23-15)14-29-20-12-8-7-11-19(20)22(26)27-16(2)21(25)24(3)17-9-5-4-6-10-17/h4-13,16H,14H2,1-3H3. The Balaban J connectivity index is 1.66. The summed E-state index contributed by atoms with van der Waals surface area (Å²) in [6.07, 6.45) is -0.914. The summed E-state index contributed by atoms with van der Waals surface area (Å²) >= 11 is 1.45. The van der Waals surface area contributed by atoms with Crippen molar-refractivity contribution >= 4 is 29.3 Å². The SMILES string of the molecule is Cc1cc(CSc2ccccc2C(=O)OC(C)C(=O)N(C)c2ccccc2)on1. The minimum Gasteiger partial charge on any atom is -0.449 e. The number of esters is 1. The third-order valence-corrected chi connectivity index (χ3v) is 5.36. The normalized spacial score (nSPS) is 11.7. The number of thioether (sulfide) groups is 1. The molecular formula is C22H22N2O4S. The molecule has 6 nitrogen and oxygen atoms in total. The fourth-order valence-corrected chi connectivity index (χ4v) is 3.64. The van der Waals surface area contributed by atoms with Gasteiger partial charge in [0.25, 0.3) is 5.91 Å². The number of carbonyl (C=O) groups is 2. The number of para-hydroxylation sites is 1. The van der Waals surface area contributed by atoms with Gasteiger partial charge in [0.05, 0.1) is 17.0 Å². The number of hydrogen-bond donors (Lipinski definition) is 0. The molecule has 1 unspecified atom stereocenters. The summed E-state index contributed by atoms with van der Waals surface area (Å²) in [6.45, 7) is 3.43. The summed E-state index contributed by atoms with van der Waals surface area (Å²) in [5.41, 5.74) is 1.96. The molecule has 0 aliphatic rings. The molecule has 0 radical (unpaired) electrons. The van der Waals surface area contributed by atoms with E-state index >= 15 is 0 Å². The number of amides is 1. The van der Waals surface area contributed by atoms with Crippen LogP contribution in [0.25, 0.3) is 0 Å². The topological polar surface area (TPSA) is 72.6 Å². The smallest absolute Gasteiger partial charge is 0.340 e. The van der Waals surface area contributed by atoms with E-state index in [1.165, 1.54) is 16.7 Å². The zero-order valence-electron chi connectivity index (χ0n) is 16.5. The predicted molar refractivity (Wildman–Crippen MR) is 112 cm³/mol. The van der Waals surface area contributed by atoms with Crippen LogP contribution in [0.5, 0.6) is 0 Å². The second kappa shape index (κ2) is 9.43. The minimum atomic E-state index is -0.914. The monoisotopic (exact) mass is 410 g/mol. The number of hydrogen-bond acceptors (Lipinski definition) is 6. The highest BCUT2D eigenvalue weighted by atomic mass is 32.2. The predicted octanol–water partition coefficient (Wildman–Crippen LogP) is 4.48. The molecule has 0 saturated carbocycles. The highest BCUT2D eigenvalue weighted by Crippen LogP contribution is 2.27. The van der Waals surface area contributed by atoms with Crippen molar-refractivity contribution in [2.24, 2.45) is 0 Å². The number of rotatable bonds is 7. The van der Waals surface area contributed by atoms with Gasteiger partial charge in [-0.1, -0.05) is 35.5 Å². The van der Waals surface area contributed by atoms with E-state index in [0.717, 1.165) is 22.0 Å². The van der Waals surface area contributed by atoms with Gasteiger partial charge in [-0.2, -0.15) is 0 Å². The quantitative estimate of drug-likeness (QED) is 0.422. The van der Waals surface area contributed by atoms with E-state index in [0.29, 0.717) is 11.3 Å². The number of nitrogens with zero attached hydrogens (tertiary/aromatic N) is 2. The first-order chi connectivity index (χ1) is 14.0. The number of aromatic nitrogens is 1. The molecule has 3 aromatic rings. The number of anilines is 1. The van der Waals surface area contributed by atoms with Crippen LogP contribution >= 0.6 is 11.8 Å². The van der Waals surface area contributed by atoms with Gasteiger partial charge in [-0.3, -0.25) is 4.79 Å². The lowest BCUT2D eigenvalue weighted by Gasteiger charge is -2.21. The van der Waals surface area contributed by atoms with Gasteiger partial charge in [0, 0.05) is 23.7 Å². The first-order valence-corrected chi connectivity index (χ1v) is 10.1. The molecule has 2 aromatic carbocycles. The summed E-state index contributed by atoms with van der Waals surface area (Å²) in [5.74, 6) is 0.427. The van der Waals surface area contributed by atoms with E-state index < -0.39 is 12.1 Å². The highest BCUT2D eigenvalue weighted by Gasteiger charge is 2.24. The van der Waals surface area contributed by atoms with Crippen molar-refractivity contribution in [3.8, 4) is 0 Å². The first-order valence-electron chi connectivity index (χ1n) is 9.13. The molecule has 1 heterocycles. The maximum Gasteiger partial charge on any atom is 0.340 e. The zero-order valence-corrected chi connectivity index (χ0v) is 17.3. The van der Waals surface area contributed by atoms with Gasteiger partial charge in [0.1, 0.15) is 5.76 Å². The molecule has 0 spiro atoms. The molecule has 0 N–H and O–H groups in total. The first kappa shape index (κ1) is 20.7. The van der Waals surface area contributed by atoms with Crippen LogP contribution in [0.2, 0.25) is 0 Å². The van der Waals surface area contributed by atoms with E-state index in [-0.39, 0.29) is 5.91 Å². The molecule has 29 heavy (non-hydrogen) atoms. The van der Waals surface area contributed by atoms with E-state index in [4.69, 9.17) is 9.26 Å². The molecule has 1 atom stereocenters. The summed E-state index contributed by atoms with van der Waals surface area (Å²) in [4.78, 5) is 27.6. The van der Waals surface area contributed by atoms with E-state index in [2.05, 4.69) is 5.16 Å². The van der Waals surface area contributed by atoms with Gasteiger partial charge in [0.15, 0.2) is 6.10 Å². The van der Waals surface area contributed by atoms with Crippen LogP contribution in [-0.2, 0) is 15.3 Å². The second-order valence-electron chi connectivity index (χ2n) is 6.50. The van der Waals surface area contributed by atoms with Gasteiger partial charge in [-0.15, -0.1) is 11.8 Å². The minimum absolute atomic E-state index is 0.299. The highest BCUT2D eigenvalue weighted by molar-refractivity contribution is 7.98. The number of benzene rings is 2. The van der Waals surface area contributed by atoms with Gasteiger partial charge < -0.3 is 14.2 Å². The van der Waals surface area contributed by atoms with Crippen molar-refractivity contribution in [2.75, 3.05) is 11.9 Å². The van der Waals surface area contributed by atoms with Crippen LogP contribution in [0, 0.1) is 6.92 Å². The average Bonchev–Trinajstić information content (AvgIpc) is 3.17.